The van der Waals surface area contributed by atoms with Gasteiger partial charge in [-0.1, -0.05) is 32.3 Å². The van der Waals surface area contributed by atoms with Crippen molar-refractivity contribution in [3.05, 3.63) is 29.6 Å². The summed E-state index contributed by atoms with van der Waals surface area (Å²) in [6, 6.07) is 4.65. The number of carbonyl (C=O) groups is 2. The molecule has 0 N–H and O–H groups in total. The lowest BCUT2D eigenvalue weighted by Gasteiger charge is -2.16. The molecule has 0 aliphatic rings. The Morgan fingerprint density at radius 3 is 2.32 bits per heavy atom. The van der Waals surface area contributed by atoms with Crippen LogP contribution in [-0.2, 0) is 14.2 Å². The number of methoxy groups -OCH3 is 1. The molecule has 0 bridgehead atoms. The maximum Gasteiger partial charge on any atom is 0.356 e. The van der Waals surface area contributed by atoms with Crippen LogP contribution >= 0.6 is 0 Å². The van der Waals surface area contributed by atoms with Crippen molar-refractivity contribution in [1.29, 1.82) is 0 Å². The largest absolute Gasteiger partial charge is 0.461 e. The first kappa shape index (κ1) is 21.1. The molecule has 140 valence electrons. The molecule has 1 aromatic heterocycles. The van der Waals surface area contributed by atoms with E-state index in [0.29, 0.717) is 13.2 Å². The standard InChI is InChI=1S/C19H29NO5/c1-4-6-7-9-15(12-13-23-3)14-25-19(22)17-11-8-10-16(20-17)18(21)24-5-2/h8,10-11,15H,4-7,9,12-14H2,1-3H3. The van der Waals surface area contributed by atoms with Gasteiger partial charge in [0.15, 0.2) is 0 Å². The molecule has 1 heterocycles. The van der Waals surface area contributed by atoms with Gasteiger partial charge in [-0.15, -0.1) is 0 Å². The van der Waals surface area contributed by atoms with Gasteiger partial charge in [0.05, 0.1) is 13.2 Å². The molecule has 1 unspecified atom stereocenters. The van der Waals surface area contributed by atoms with E-state index in [4.69, 9.17) is 14.2 Å². The van der Waals surface area contributed by atoms with Crippen molar-refractivity contribution in [2.24, 2.45) is 5.92 Å². The van der Waals surface area contributed by atoms with E-state index >= 15 is 0 Å². The Labute approximate surface area is 149 Å². The number of unbranched alkanes of at least 4 members (excludes halogenated alkanes) is 2. The predicted molar refractivity (Wildman–Crippen MR) is 94.6 cm³/mol. The highest BCUT2D eigenvalue weighted by atomic mass is 16.5. The maximum atomic E-state index is 12.2. The molecule has 0 radical (unpaired) electrons. The summed E-state index contributed by atoms with van der Waals surface area (Å²) in [4.78, 5) is 28.0. The minimum absolute atomic E-state index is 0.107. The molecule has 0 saturated heterocycles. The van der Waals surface area contributed by atoms with Gasteiger partial charge in [0.25, 0.3) is 0 Å². The fourth-order valence-corrected chi connectivity index (χ4v) is 2.41. The highest BCUT2D eigenvalue weighted by Crippen LogP contribution is 2.15. The number of aromatic nitrogens is 1. The average Bonchev–Trinajstić information content (AvgIpc) is 2.63. The summed E-state index contributed by atoms with van der Waals surface area (Å²) in [7, 11) is 1.67. The molecule has 6 nitrogen and oxygen atoms in total. The molecular weight excluding hydrogens is 322 g/mol. The van der Waals surface area contributed by atoms with E-state index in [-0.39, 0.29) is 23.9 Å². The number of carbonyl (C=O) groups excluding carboxylic acids is 2. The number of esters is 2. The van der Waals surface area contributed by atoms with Crippen LogP contribution in [0.4, 0.5) is 0 Å². The first-order chi connectivity index (χ1) is 12.1. The van der Waals surface area contributed by atoms with Crippen LogP contribution in [0.1, 0.15) is 66.9 Å². The van der Waals surface area contributed by atoms with Gasteiger partial charge in [-0.2, -0.15) is 0 Å². The summed E-state index contributed by atoms with van der Waals surface area (Å²) in [5.74, 6) is -0.803. The summed E-state index contributed by atoms with van der Waals surface area (Å²) < 4.78 is 15.4. The third kappa shape index (κ3) is 8.12. The van der Waals surface area contributed by atoms with Crippen molar-refractivity contribution in [2.75, 3.05) is 26.9 Å². The van der Waals surface area contributed by atoms with Gasteiger partial charge in [0.2, 0.25) is 0 Å². The summed E-state index contributed by atoms with van der Waals surface area (Å²) in [6.07, 6.45) is 5.28. The van der Waals surface area contributed by atoms with Crippen molar-refractivity contribution in [3.63, 3.8) is 0 Å². The number of pyridine rings is 1. The van der Waals surface area contributed by atoms with Gasteiger partial charge in [-0.05, 0) is 37.8 Å². The van der Waals surface area contributed by atoms with Crippen LogP contribution in [0.15, 0.2) is 18.2 Å². The molecule has 1 rings (SSSR count). The van der Waals surface area contributed by atoms with E-state index in [1.165, 1.54) is 18.6 Å². The highest BCUT2D eigenvalue weighted by Gasteiger charge is 2.16. The van der Waals surface area contributed by atoms with Crippen LogP contribution in [0.25, 0.3) is 0 Å². The summed E-state index contributed by atoms with van der Waals surface area (Å²) in [5.41, 5.74) is 0.222. The zero-order chi connectivity index (χ0) is 18.5. The van der Waals surface area contributed by atoms with E-state index < -0.39 is 11.9 Å². The zero-order valence-corrected chi connectivity index (χ0v) is 15.5. The predicted octanol–water partition coefficient (Wildman–Crippen LogP) is 3.65. The van der Waals surface area contributed by atoms with Gasteiger partial charge in [-0.3, -0.25) is 0 Å². The average molecular weight is 351 g/mol. The molecular formula is C19H29NO5. The fourth-order valence-electron chi connectivity index (χ4n) is 2.41. The van der Waals surface area contributed by atoms with Crippen LogP contribution in [0.3, 0.4) is 0 Å². The molecule has 0 spiro atoms. The monoisotopic (exact) mass is 351 g/mol. The molecule has 0 amide bonds. The van der Waals surface area contributed by atoms with Crippen LogP contribution in [0.5, 0.6) is 0 Å². The molecule has 0 aliphatic heterocycles. The van der Waals surface area contributed by atoms with Crippen molar-refractivity contribution in [2.45, 2.75) is 46.0 Å². The Morgan fingerprint density at radius 1 is 1.04 bits per heavy atom. The number of ether oxygens (including phenoxy) is 3. The zero-order valence-electron chi connectivity index (χ0n) is 15.5. The molecule has 25 heavy (non-hydrogen) atoms. The number of nitrogens with zero attached hydrogens (tertiary/aromatic N) is 1. The second-order valence-corrected chi connectivity index (χ2v) is 5.87. The molecule has 0 saturated carbocycles. The molecule has 0 aliphatic carbocycles. The van der Waals surface area contributed by atoms with E-state index in [1.807, 2.05) is 0 Å². The van der Waals surface area contributed by atoms with Gasteiger partial charge in [0, 0.05) is 13.7 Å². The van der Waals surface area contributed by atoms with E-state index in [1.54, 1.807) is 20.1 Å². The maximum absolute atomic E-state index is 12.2. The van der Waals surface area contributed by atoms with Crippen LogP contribution in [-0.4, -0.2) is 43.9 Å². The lowest BCUT2D eigenvalue weighted by atomic mass is 9.99. The molecule has 6 heteroatoms. The smallest absolute Gasteiger partial charge is 0.356 e. The van der Waals surface area contributed by atoms with Gasteiger partial charge in [-0.25, -0.2) is 14.6 Å². The first-order valence-electron chi connectivity index (χ1n) is 8.92. The van der Waals surface area contributed by atoms with Crippen LogP contribution in [0, 0.1) is 5.92 Å². The highest BCUT2D eigenvalue weighted by molar-refractivity contribution is 5.91. The third-order valence-corrected chi connectivity index (χ3v) is 3.84. The summed E-state index contributed by atoms with van der Waals surface area (Å²) in [6.45, 7) is 5.11. The van der Waals surface area contributed by atoms with Gasteiger partial charge < -0.3 is 14.2 Å². The number of rotatable bonds is 12. The van der Waals surface area contributed by atoms with E-state index in [9.17, 15) is 9.59 Å². The Balaban J connectivity index is 2.60. The van der Waals surface area contributed by atoms with E-state index in [0.717, 1.165) is 25.7 Å². The Hall–Kier alpha value is -1.95. The minimum atomic E-state index is -0.547. The van der Waals surface area contributed by atoms with Gasteiger partial charge >= 0.3 is 11.9 Å². The summed E-state index contributed by atoms with van der Waals surface area (Å²) >= 11 is 0. The molecule has 0 aromatic carbocycles. The lowest BCUT2D eigenvalue weighted by molar-refractivity contribution is 0.0392. The van der Waals surface area contributed by atoms with Crippen molar-refractivity contribution in [1.82, 2.24) is 4.98 Å². The quantitative estimate of drug-likeness (QED) is 0.423. The van der Waals surface area contributed by atoms with Crippen LogP contribution < -0.4 is 0 Å². The van der Waals surface area contributed by atoms with Gasteiger partial charge in [0.1, 0.15) is 11.4 Å². The molecule has 0 fully saturated rings. The Kier molecular flexibility index (Phi) is 10.5. The van der Waals surface area contributed by atoms with E-state index in [2.05, 4.69) is 11.9 Å². The number of hydrogen-bond acceptors (Lipinski definition) is 6. The minimum Gasteiger partial charge on any atom is -0.461 e. The Bertz CT molecular complexity index is 532. The van der Waals surface area contributed by atoms with Crippen molar-refractivity contribution >= 4 is 11.9 Å². The molecule has 1 atom stereocenters. The van der Waals surface area contributed by atoms with Crippen molar-refractivity contribution < 1.29 is 23.8 Å². The third-order valence-electron chi connectivity index (χ3n) is 3.84. The normalized spacial score (nSPS) is 11.8. The first-order valence-corrected chi connectivity index (χ1v) is 8.92. The topological polar surface area (TPSA) is 74.7 Å². The second kappa shape index (κ2) is 12.4. The van der Waals surface area contributed by atoms with Crippen molar-refractivity contribution in [3.8, 4) is 0 Å². The lowest BCUT2D eigenvalue weighted by Crippen LogP contribution is -2.18. The molecule has 1 aromatic rings. The summed E-state index contributed by atoms with van der Waals surface area (Å²) in [5, 5.41) is 0. The second-order valence-electron chi connectivity index (χ2n) is 5.87. The number of hydrogen-bond donors (Lipinski definition) is 0. The Morgan fingerprint density at radius 2 is 1.72 bits per heavy atom. The van der Waals surface area contributed by atoms with Crippen LogP contribution in [0.2, 0.25) is 0 Å². The fraction of sp³-hybridized carbons (Fsp3) is 0.632. The SMILES string of the molecule is CCCCCC(CCOC)COC(=O)c1cccc(C(=O)OCC)n1.